The van der Waals surface area contributed by atoms with Gasteiger partial charge >= 0.3 is 12.0 Å². The van der Waals surface area contributed by atoms with E-state index in [4.69, 9.17) is 9.47 Å². The van der Waals surface area contributed by atoms with Gasteiger partial charge in [0.2, 0.25) is 0 Å². The van der Waals surface area contributed by atoms with E-state index in [0.29, 0.717) is 23.6 Å². The summed E-state index contributed by atoms with van der Waals surface area (Å²) in [6.45, 7) is 6.19. The van der Waals surface area contributed by atoms with Gasteiger partial charge in [0, 0.05) is 38.4 Å². The fraction of sp³-hybridized carbons (Fsp3) is 0.500. The molecule has 1 aromatic carbocycles. The molecule has 152 valence electrons. The first-order chi connectivity index (χ1) is 13.5. The van der Waals surface area contributed by atoms with Crippen LogP contribution in [0.2, 0.25) is 0 Å². The van der Waals surface area contributed by atoms with Gasteiger partial charge in [0.1, 0.15) is 5.75 Å². The fourth-order valence-corrected chi connectivity index (χ4v) is 3.49. The normalized spacial score (nSPS) is 21.1. The quantitative estimate of drug-likeness (QED) is 0.711. The molecule has 0 radical (unpaired) electrons. The van der Waals surface area contributed by atoms with Crippen LogP contribution in [0.4, 0.5) is 4.79 Å². The molecule has 0 bridgehead atoms. The highest BCUT2D eigenvalue weighted by Gasteiger charge is 2.34. The highest BCUT2D eigenvalue weighted by atomic mass is 16.5. The molecule has 0 saturated carbocycles. The molecular weight excluding hydrogens is 360 g/mol. The number of nitrogens with zero attached hydrogens (tertiary/aromatic N) is 2. The molecule has 1 fully saturated rings. The first-order valence-electron chi connectivity index (χ1n) is 9.54. The van der Waals surface area contributed by atoms with Crippen molar-refractivity contribution in [2.24, 2.45) is 0 Å². The van der Waals surface area contributed by atoms with Gasteiger partial charge in [0.05, 0.1) is 25.3 Å². The highest BCUT2D eigenvalue weighted by molar-refractivity contribution is 5.95. The predicted molar refractivity (Wildman–Crippen MR) is 105 cm³/mol. The van der Waals surface area contributed by atoms with Crippen LogP contribution in [0.3, 0.4) is 0 Å². The van der Waals surface area contributed by atoms with Crippen LogP contribution in [0.25, 0.3) is 0 Å². The zero-order valence-electron chi connectivity index (χ0n) is 16.7. The Bertz CT molecular complexity index is 756. The number of carbonyl (C=O) groups excluding carboxylic acids is 2. The average molecular weight is 388 g/mol. The van der Waals surface area contributed by atoms with E-state index in [1.165, 1.54) is 0 Å². The van der Waals surface area contributed by atoms with Crippen molar-refractivity contribution in [3.8, 4) is 5.75 Å². The molecule has 1 saturated heterocycles. The lowest BCUT2D eigenvalue weighted by Gasteiger charge is -2.35. The maximum absolute atomic E-state index is 12.8. The second kappa shape index (κ2) is 9.07. The SMILES string of the molecule is CCOC(=O)C1=C(CN2CCN(C)CC2)NC(=O)N[C@@H]1c1cccc(OC)c1. The van der Waals surface area contributed by atoms with Gasteiger partial charge in [-0.1, -0.05) is 12.1 Å². The number of amides is 2. The molecule has 28 heavy (non-hydrogen) atoms. The largest absolute Gasteiger partial charge is 0.497 e. The van der Waals surface area contributed by atoms with Crippen LogP contribution in [0.5, 0.6) is 5.75 Å². The smallest absolute Gasteiger partial charge is 0.338 e. The summed E-state index contributed by atoms with van der Waals surface area (Å²) in [5.74, 6) is 0.237. The van der Waals surface area contributed by atoms with E-state index in [9.17, 15) is 9.59 Å². The Morgan fingerprint density at radius 2 is 2.00 bits per heavy atom. The third kappa shape index (κ3) is 4.63. The van der Waals surface area contributed by atoms with Crippen molar-refractivity contribution in [3.63, 3.8) is 0 Å². The first-order valence-corrected chi connectivity index (χ1v) is 9.54. The number of piperazine rings is 1. The Morgan fingerprint density at radius 1 is 1.25 bits per heavy atom. The molecule has 3 rings (SSSR count). The molecule has 2 aliphatic rings. The van der Waals surface area contributed by atoms with Gasteiger partial charge in [-0.2, -0.15) is 0 Å². The number of esters is 1. The van der Waals surface area contributed by atoms with E-state index in [0.717, 1.165) is 31.7 Å². The minimum Gasteiger partial charge on any atom is -0.497 e. The lowest BCUT2D eigenvalue weighted by Crippen LogP contribution is -2.51. The molecule has 8 heteroatoms. The maximum Gasteiger partial charge on any atom is 0.338 e. The third-order valence-corrected chi connectivity index (χ3v) is 5.05. The summed E-state index contributed by atoms with van der Waals surface area (Å²) >= 11 is 0. The molecule has 0 unspecified atom stereocenters. The van der Waals surface area contributed by atoms with Gasteiger partial charge in [0.25, 0.3) is 0 Å². The number of carbonyl (C=O) groups is 2. The van der Waals surface area contributed by atoms with Gasteiger partial charge in [-0.3, -0.25) is 4.90 Å². The Hall–Kier alpha value is -2.58. The summed E-state index contributed by atoms with van der Waals surface area (Å²) in [6.07, 6.45) is 0. The lowest BCUT2D eigenvalue weighted by atomic mass is 9.94. The molecule has 2 heterocycles. The zero-order chi connectivity index (χ0) is 20.1. The van der Waals surface area contributed by atoms with Crippen molar-refractivity contribution < 1.29 is 19.1 Å². The maximum atomic E-state index is 12.8. The number of rotatable bonds is 6. The van der Waals surface area contributed by atoms with E-state index in [1.54, 1.807) is 14.0 Å². The second-order valence-electron chi connectivity index (χ2n) is 7.00. The van der Waals surface area contributed by atoms with E-state index >= 15 is 0 Å². The Morgan fingerprint density at radius 3 is 2.68 bits per heavy atom. The van der Waals surface area contributed by atoms with Gasteiger partial charge < -0.3 is 25.0 Å². The fourth-order valence-electron chi connectivity index (χ4n) is 3.49. The van der Waals surface area contributed by atoms with E-state index < -0.39 is 12.0 Å². The number of nitrogens with one attached hydrogen (secondary N) is 2. The van der Waals surface area contributed by atoms with Gasteiger partial charge in [-0.15, -0.1) is 0 Å². The Balaban J connectivity index is 1.96. The number of methoxy groups -OCH3 is 1. The average Bonchev–Trinajstić information content (AvgIpc) is 2.69. The van der Waals surface area contributed by atoms with Crippen molar-refractivity contribution in [3.05, 3.63) is 41.1 Å². The number of ether oxygens (including phenoxy) is 2. The summed E-state index contributed by atoms with van der Waals surface area (Å²) in [5, 5.41) is 5.69. The standard InChI is InChI=1S/C20H28N4O4/c1-4-28-19(25)17-16(13-24-10-8-23(2)9-11-24)21-20(26)22-18(17)14-6-5-7-15(12-14)27-3/h5-7,12,18H,4,8-11,13H2,1-3H3,(H2,21,22,26)/t18-/m1/s1. The molecule has 2 aliphatic heterocycles. The Kier molecular flexibility index (Phi) is 6.53. The molecule has 0 aromatic heterocycles. The van der Waals surface area contributed by atoms with Crippen LogP contribution in [0.1, 0.15) is 18.5 Å². The summed E-state index contributed by atoms with van der Waals surface area (Å²) < 4.78 is 10.6. The highest BCUT2D eigenvalue weighted by Crippen LogP contribution is 2.30. The molecule has 2 amide bonds. The number of benzene rings is 1. The lowest BCUT2D eigenvalue weighted by molar-refractivity contribution is -0.139. The van der Waals surface area contributed by atoms with E-state index in [-0.39, 0.29) is 12.6 Å². The van der Waals surface area contributed by atoms with Crippen LogP contribution < -0.4 is 15.4 Å². The summed E-state index contributed by atoms with van der Waals surface area (Å²) in [5.41, 5.74) is 1.81. The monoisotopic (exact) mass is 388 g/mol. The van der Waals surface area contributed by atoms with E-state index in [2.05, 4.69) is 27.5 Å². The van der Waals surface area contributed by atoms with Crippen LogP contribution in [-0.2, 0) is 9.53 Å². The van der Waals surface area contributed by atoms with Gasteiger partial charge in [0.15, 0.2) is 0 Å². The number of hydrogen-bond acceptors (Lipinski definition) is 6. The molecule has 1 aromatic rings. The van der Waals surface area contributed by atoms with Crippen LogP contribution in [0, 0.1) is 0 Å². The van der Waals surface area contributed by atoms with Crippen LogP contribution >= 0.6 is 0 Å². The van der Waals surface area contributed by atoms with Gasteiger partial charge in [-0.25, -0.2) is 9.59 Å². The summed E-state index contributed by atoms with van der Waals surface area (Å²) in [7, 11) is 3.67. The number of likely N-dealkylation sites (N-methyl/N-ethyl adjacent to an activating group) is 1. The number of urea groups is 1. The van der Waals surface area contributed by atoms with Gasteiger partial charge in [-0.05, 0) is 31.7 Å². The molecular formula is C20H28N4O4. The minimum atomic E-state index is -0.592. The summed E-state index contributed by atoms with van der Waals surface area (Å²) in [4.78, 5) is 29.7. The summed E-state index contributed by atoms with van der Waals surface area (Å²) in [6, 6.07) is 6.43. The van der Waals surface area contributed by atoms with Crippen LogP contribution in [0.15, 0.2) is 35.5 Å². The minimum absolute atomic E-state index is 0.267. The molecule has 0 aliphatic carbocycles. The molecule has 0 spiro atoms. The first kappa shape index (κ1) is 20.2. The third-order valence-electron chi connectivity index (χ3n) is 5.05. The topological polar surface area (TPSA) is 83.1 Å². The molecule has 1 atom stereocenters. The van der Waals surface area contributed by atoms with Crippen LogP contribution in [-0.4, -0.2) is 75.3 Å². The van der Waals surface area contributed by atoms with Crippen molar-refractivity contribution in [1.29, 1.82) is 0 Å². The van der Waals surface area contributed by atoms with Crippen molar-refractivity contribution in [2.75, 3.05) is 53.5 Å². The zero-order valence-corrected chi connectivity index (χ0v) is 16.7. The van der Waals surface area contributed by atoms with E-state index in [1.807, 2.05) is 24.3 Å². The molecule has 2 N–H and O–H groups in total. The van der Waals surface area contributed by atoms with Crippen molar-refractivity contribution >= 4 is 12.0 Å². The predicted octanol–water partition coefficient (Wildman–Crippen LogP) is 1.11. The van der Waals surface area contributed by atoms with Crippen molar-refractivity contribution in [1.82, 2.24) is 20.4 Å². The second-order valence-corrected chi connectivity index (χ2v) is 7.00. The number of hydrogen-bond donors (Lipinski definition) is 2. The van der Waals surface area contributed by atoms with Crippen molar-refractivity contribution in [2.45, 2.75) is 13.0 Å². The Labute approximate surface area is 165 Å². The molecule has 8 nitrogen and oxygen atoms in total.